The molecule has 120 valence electrons. The van der Waals surface area contributed by atoms with Gasteiger partial charge in [0.2, 0.25) is 0 Å². The summed E-state index contributed by atoms with van der Waals surface area (Å²) in [5, 5.41) is 5.18. The van der Waals surface area contributed by atoms with Crippen LogP contribution < -0.4 is 15.5 Å². The van der Waals surface area contributed by atoms with E-state index >= 15 is 0 Å². The predicted octanol–water partition coefficient (Wildman–Crippen LogP) is 0.860. The van der Waals surface area contributed by atoms with Gasteiger partial charge in [-0.3, -0.25) is 10.1 Å². The second kappa shape index (κ2) is 8.54. The second-order valence-electron chi connectivity index (χ2n) is 5.95. The van der Waals surface area contributed by atoms with E-state index in [1.54, 1.807) is 0 Å². The van der Waals surface area contributed by atoms with Gasteiger partial charge in [-0.1, -0.05) is 30.3 Å². The third-order valence-electron chi connectivity index (χ3n) is 4.28. The highest BCUT2D eigenvalue weighted by Crippen LogP contribution is 2.00. The lowest BCUT2D eigenvalue weighted by molar-refractivity contribution is -0.913. The van der Waals surface area contributed by atoms with Crippen molar-refractivity contribution in [2.75, 3.05) is 13.1 Å². The highest BCUT2D eigenvalue weighted by Gasteiger charge is 2.26. The fourth-order valence-electron chi connectivity index (χ4n) is 2.84. The Balaban J connectivity index is 1.76. The van der Waals surface area contributed by atoms with Crippen LogP contribution in [0.4, 0.5) is 4.79 Å². The molecule has 0 radical (unpaired) electrons. The number of quaternary nitrogens is 1. The molecule has 0 unspecified atom stereocenters. The molecule has 1 atom stereocenters. The van der Waals surface area contributed by atoms with Gasteiger partial charge in [0.1, 0.15) is 0 Å². The van der Waals surface area contributed by atoms with Gasteiger partial charge in [0.25, 0.3) is 5.91 Å². The highest BCUT2D eigenvalue weighted by molar-refractivity contribution is 5.96. The molecule has 0 saturated carbocycles. The van der Waals surface area contributed by atoms with E-state index in [-0.39, 0.29) is 11.9 Å². The number of carbonyl (C=O) groups excluding carboxylic acids is 2. The number of urea groups is 1. The molecule has 0 aromatic heterocycles. The summed E-state index contributed by atoms with van der Waals surface area (Å²) in [7, 11) is 0. The molecule has 3 N–H and O–H groups in total. The maximum atomic E-state index is 12.2. The van der Waals surface area contributed by atoms with Gasteiger partial charge in [-0.05, 0) is 38.2 Å². The molecule has 1 aliphatic rings. The minimum absolute atomic E-state index is 0.180. The van der Waals surface area contributed by atoms with E-state index in [4.69, 9.17) is 0 Å². The van der Waals surface area contributed by atoms with Gasteiger partial charge < -0.3 is 10.2 Å². The lowest BCUT2D eigenvalue weighted by Crippen LogP contribution is -3.16. The zero-order valence-corrected chi connectivity index (χ0v) is 13.2. The molecule has 3 amide bonds. The lowest BCUT2D eigenvalue weighted by Gasteiger charge is -2.23. The largest absolute Gasteiger partial charge is 0.334 e. The number of likely N-dealkylation sites (tertiary alicyclic amines) is 1. The fraction of sp³-hybridized carbons (Fsp3) is 0.529. The van der Waals surface area contributed by atoms with Crippen LogP contribution in [0.2, 0.25) is 0 Å². The van der Waals surface area contributed by atoms with E-state index in [0.29, 0.717) is 6.54 Å². The van der Waals surface area contributed by atoms with Gasteiger partial charge >= 0.3 is 6.03 Å². The molecule has 5 heteroatoms. The Kier molecular flexibility index (Phi) is 6.40. The lowest BCUT2D eigenvalue weighted by atomic mass is 10.2. The van der Waals surface area contributed by atoms with E-state index in [1.807, 2.05) is 37.3 Å². The molecular formula is C17H26N3O2+. The molecule has 1 fully saturated rings. The number of amides is 3. The maximum absolute atomic E-state index is 12.2. The molecule has 5 nitrogen and oxygen atoms in total. The first-order chi connectivity index (χ1) is 10.7. The first-order valence-corrected chi connectivity index (χ1v) is 8.14. The van der Waals surface area contributed by atoms with Crippen molar-refractivity contribution < 1.29 is 14.5 Å². The molecule has 0 aliphatic carbocycles. The fourth-order valence-corrected chi connectivity index (χ4v) is 2.84. The highest BCUT2D eigenvalue weighted by atomic mass is 16.2. The molecule has 1 aromatic carbocycles. The van der Waals surface area contributed by atoms with Crippen LogP contribution >= 0.6 is 0 Å². The van der Waals surface area contributed by atoms with Crippen LogP contribution in [-0.2, 0) is 11.3 Å². The monoisotopic (exact) mass is 304 g/mol. The van der Waals surface area contributed by atoms with Crippen LogP contribution in [0.1, 0.15) is 38.2 Å². The molecule has 1 aromatic rings. The zero-order valence-electron chi connectivity index (χ0n) is 13.2. The third kappa shape index (κ3) is 5.15. The summed E-state index contributed by atoms with van der Waals surface area (Å²) in [5.41, 5.74) is 1.01. The van der Waals surface area contributed by atoms with Crippen LogP contribution in [0.5, 0.6) is 0 Å². The Hall–Kier alpha value is -1.88. The number of hydrogen-bond donors (Lipinski definition) is 3. The Morgan fingerprint density at radius 2 is 1.73 bits per heavy atom. The molecule has 1 aliphatic heterocycles. The standard InChI is InChI=1S/C17H25N3O2/c1-14(20-11-7-2-3-8-12-20)16(21)19-17(22)18-13-15-9-5-4-6-10-15/h4-6,9-10,14H,2-3,7-8,11-13H2,1H3,(H2,18,19,21,22)/p+1/t14-/m0/s1. The van der Waals surface area contributed by atoms with Gasteiger partial charge in [-0.25, -0.2) is 4.79 Å². The number of nitrogens with one attached hydrogen (secondary N) is 3. The van der Waals surface area contributed by atoms with Crippen molar-refractivity contribution in [3.05, 3.63) is 35.9 Å². The van der Waals surface area contributed by atoms with Gasteiger partial charge in [-0.15, -0.1) is 0 Å². The summed E-state index contributed by atoms with van der Waals surface area (Å²) < 4.78 is 0. The van der Waals surface area contributed by atoms with Crippen LogP contribution in [0.3, 0.4) is 0 Å². The average molecular weight is 304 g/mol. The summed E-state index contributed by atoms with van der Waals surface area (Å²) in [5.74, 6) is -0.192. The minimum Gasteiger partial charge on any atom is -0.334 e. The normalized spacial score (nSPS) is 17.3. The Bertz CT molecular complexity index is 482. The third-order valence-corrected chi connectivity index (χ3v) is 4.28. The molecule has 22 heavy (non-hydrogen) atoms. The predicted molar refractivity (Wildman–Crippen MR) is 85.4 cm³/mol. The summed E-state index contributed by atoms with van der Waals surface area (Å²) >= 11 is 0. The van der Waals surface area contributed by atoms with Crippen molar-refractivity contribution in [3.8, 4) is 0 Å². The van der Waals surface area contributed by atoms with Gasteiger partial charge in [0.05, 0.1) is 13.1 Å². The van der Waals surface area contributed by atoms with Gasteiger partial charge in [-0.2, -0.15) is 0 Å². The van der Waals surface area contributed by atoms with Crippen molar-refractivity contribution in [3.63, 3.8) is 0 Å². The Labute approximate surface area is 132 Å². The van der Waals surface area contributed by atoms with E-state index < -0.39 is 6.03 Å². The zero-order chi connectivity index (χ0) is 15.8. The second-order valence-corrected chi connectivity index (χ2v) is 5.95. The van der Waals surface area contributed by atoms with Crippen LogP contribution in [0, 0.1) is 0 Å². The average Bonchev–Trinajstić information content (AvgIpc) is 2.82. The summed E-state index contributed by atoms with van der Waals surface area (Å²) in [6.45, 7) is 4.35. The Morgan fingerprint density at radius 3 is 2.36 bits per heavy atom. The first kappa shape index (κ1) is 16.5. The number of carbonyl (C=O) groups is 2. The molecule has 1 heterocycles. The van der Waals surface area contributed by atoms with Crippen LogP contribution in [-0.4, -0.2) is 31.1 Å². The van der Waals surface area contributed by atoms with Crippen molar-refractivity contribution in [1.29, 1.82) is 0 Å². The molecule has 2 rings (SSSR count). The minimum atomic E-state index is -0.421. The van der Waals surface area contributed by atoms with E-state index in [1.165, 1.54) is 17.7 Å². The van der Waals surface area contributed by atoms with Gasteiger partial charge in [0.15, 0.2) is 6.04 Å². The Morgan fingerprint density at radius 1 is 1.09 bits per heavy atom. The summed E-state index contributed by atoms with van der Waals surface area (Å²) in [6, 6.07) is 9.04. The van der Waals surface area contributed by atoms with E-state index in [2.05, 4.69) is 10.6 Å². The molecule has 1 saturated heterocycles. The van der Waals surface area contributed by atoms with E-state index in [9.17, 15) is 9.59 Å². The number of imide groups is 1. The topological polar surface area (TPSA) is 62.6 Å². The van der Waals surface area contributed by atoms with Crippen molar-refractivity contribution in [1.82, 2.24) is 10.6 Å². The van der Waals surface area contributed by atoms with Crippen LogP contribution in [0.25, 0.3) is 0 Å². The SMILES string of the molecule is C[C@@H](C(=O)NC(=O)NCc1ccccc1)[NH+]1CCCCCC1. The summed E-state index contributed by atoms with van der Waals surface area (Å²) in [4.78, 5) is 25.3. The first-order valence-electron chi connectivity index (χ1n) is 8.14. The van der Waals surface area contributed by atoms with Gasteiger partial charge in [0, 0.05) is 6.54 Å². The van der Waals surface area contributed by atoms with Crippen molar-refractivity contribution in [2.24, 2.45) is 0 Å². The smallest absolute Gasteiger partial charge is 0.321 e. The molecule has 0 bridgehead atoms. The van der Waals surface area contributed by atoms with Crippen molar-refractivity contribution in [2.45, 2.75) is 45.2 Å². The maximum Gasteiger partial charge on any atom is 0.321 e. The molecular weight excluding hydrogens is 278 g/mol. The number of rotatable bonds is 4. The number of hydrogen-bond acceptors (Lipinski definition) is 2. The summed E-state index contributed by atoms with van der Waals surface area (Å²) in [6.07, 6.45) is 4.81. The van der Waals surface area contributed by atoms with E-state index in [0.717, 1.165) is 31.5 Å². The molecule has 0 spiro atoms. The number of benzene rings is 1. The van der Waals surface area contributed by atoms with Crippen LogP contribution in [0.15, 0.2) is 30.3 Å². The quantitative estimate of drug-likeness (QED) is 0.772. The van der Waals surface area contributed by atoms with Crippen molar-refractivity contribution >= 4 is 11.9 Å².